The molecule has 28 heavy (non-hydrogen) atoms. The van der Waals surface area contributed by atoms with Crippen molar-refractivity contribution in [1.82, 2.24) is 10.6 Å². The minimum atomic E-state index is 0. The van der Waals surface area contributed by atoms with Crippen LogP contribution in [0.2, 0.25) is 0 Å². The number of nitrogens with one attached hydrogen (secondary N) is 2. The molecule has 1 aromatic carbocycles. The highest BCUT2D eigenvalue weighted by atomic mass is 127. The van der Waals surface area contributed by atoms with E-state index in [0.717, 1.165) is 49.8 Å². The third kappa shape index (κ3) is 8.53. The van der Waals surface area contributed by atoms with Crippen LogP contribution >= 0.6 is 24.0 Å². The molecule has 0 aliphatic heterocycles. The molecule has 0 aromatic heterocycles. The Morgan fingerprint density at radius 3 is 2.43 bits per heavy atom. The number of nitrogens with zero attached hydrogens (tertiary/aromatic N) is 1. The van der Waals surface area contributed by atoms with Gasteiger partial charge < -0.3 is 24.8 Å². The van der Waals surface area contributed by atoms with E-state index in [0.29, 0.717) is 18.6 Å². The molecule has 1 aliphatic rings. The summed E-state index contributed by atoms with van der Waals surface area (Å²) in [6, 6.07) is 7.97. The van der Waals surface area contributed by atoms with Crippen LogP contribution in [0.1, 0.15) is 37.7 Å². The molecule has 2 N–H and O–H groups in total. The van der Waals surface area contributed by atoms with Crippen molar-refractivity contribution in [3.63, 3.8) is 0 Å². The Bertz CT molecular complexity index is 563. The molecular weight excluding hydrogens is 469 g/mol. The van der Waals surface area contributed by atoms with Gasteiger partial charge in [0.2, 0.25) is 0 Å². The van der Waals surface area contributed by atoms with Crippen LogP contribution in [0.4, 0.5) is 0 Å². The lowest BCUT2D eigenvalue weighted by Gasteiger charge is -2.42. The molecule has 0 unspecified atom stereocenters. The third-order valence-electron chi connectivity index (χ3n) is 5.29. The van der Waals surface area contributed by atoms with Gasteiger partial charge in [-0.05, 0) is 48.8 Å². The molecule has 0 radical (unpaired) electrons. The molecule has 0 spiro atoms. The summed E-state index contributed by atoms with van der Waals surface area (Å²) in [5.74, 6) is 1.74. The van der Waals surface area contributed by atoms with Crippen molar-refractivity contribution in [3.8, 4) is 5.75 Å². The molecule has 1 saturated carbocycles. The number of methoxy groups -OCH3 is 2. The fourth-order valence-electron chi connectivity index (χ4n) is 3.30. The van der Waals surface area contributed by atoms with E-state index in [-0.39, 0.29) is 24.0 Å². The van der Waals surface area contributed by atoms with Gasteiger partial charge in [-0.1, -0.05) is 18.6 Å². The minimum Gasteiger partial charge on any atom is -0.497 e. The first-order valence-electron chi connectivity index (χ1n) is 9.85. The Morgan fingerprint density at radius 1 is 1.11 bits per heavy atom. The highest BCUT2D eigenvalue weighted by molar-refractivity contribution is 14.0. The SMILES string of the molecule is CN=C(NCCCOCc1ccc(OC)cc1)NCC1(CCOC)CCC1.I. The maximum Gasteiger partial charge on any atom is 0.190 e. The Morgan fingerprint density at radius 2 is 1.86 bits per heavy atom. The van der Waals surface area contributed by atoms with Crippen molar-refractivity contribution in [2.75, 3.05) is 47.6 Å². The average molecular weight is 505 g/mol. The number of guanidine groups is 1. The summed E-state index contributed by atoms with van der Waals surface area (Å²) in [5.41, 5.74) is 1.54. The van der Waals surface area contributed by atoms with Crippen LogP contribution in [0, 0.1) is 5.41 Å². The zero-order chi connectivity index (χ0) is 19.4. The zero-order valence-electron chi connectivity index (χ0n) is 17.5. The summed E-state index contributed by atoms with van der Waals surface area (Å²) in [4.78, 5) is 4.32. The Hall–Kier alpha value is -1.06. The minimum absolute atomic E-state index is 0. The maximum absolute atomic E-state index is 5.74. The molecule has 0 saturated heterocycles. The predicted octanol–water partition coefficient (Wildman–Crippen LogP) is 3.59. The monoisotopic (exact) mass is 505 g/mol. The normalized spacial score (nSPS) is 15.3. The molecule has 6 nitrogen and oxygen atoms in total. The summed E-state index contributed by atoms with van der Waals surface area (Å²) in [6.45, 7) is 3.98. The van der Waals surface area contributed by atoms with E-state index >= 15 is 0 Å². The van der Waals surface area contributed by atoms with E-state index in [9.17, 15) is 0 Å². The molecular formula is C21H36IN3O3. The van der Waals surface area contributed by atoms with Crippen LogP contribution in [-0.4, -0.2) is 53.5 Å². The number of benzene rings is 1. The number of ether oxygens (including phenoxy) is 3. The van der Waals surface area contributed by atoms with Gasteiger partial charge in [0.25, 0.3) is 0 Å². The molecule has 0 heterocycles. The van der Waals surface area contributed by atoms with Gasteiger partial charge in [0, 0.05) is 40.5 Å². The van der Waals surface area contributed by atoms with Crippen molar-refractivity contribution in [2.45, 2.75) is 38.7 Å². The van der Waals surface area contributed by atoms with Gasteiger partial charge in [0.15, 0.2) is 5.96 Å². The van der Waals surface area contributed by atoms with Gasteiger partial charge in [-0.25, -0.2) is 0 Å². The van der Waals surface area contributed by atoms with E-state index in [1.54, 1.807) is 14.2 Å². The number of hydrogen-bond acceptors (Lipinski definition) is 4. The molecule has 2 rings (SSSR count). The smallest absolute Gasteiger partial charge is 0.190 e. The number of halogens is 1. The maximum atomic E-state index is 5.74. The second kappa shape index (κ2) is 14.0. The quantitative estimate of drug-likeness (QED) is 0.197. The highest BCUT2D eigenvalue weighted by Gasteiger charge is 2.36. The van der Waals surface area contributed by atoms with Crippen molar-refractivity contribution < 1.29 is 14.2 Å². The van der Waals surface area contributed by atoms with E-state index in [2.05, 4.69) is 15.6 Å². The summed E-state index contributed by atoms with van der Waals surface area (Å²) < 4.78 is 16.2. The molecule has 1 aromatic rings. The van der Waals surface area contributed by atoms with E-state index in [4.69, 9.17) is 14.2 Å². The van der Waals surface area contributed by atoms with Gasteiger partial charge in [-0.15, -0.1) is 24.0 Å². The first-order chi connectivity index (χ1) is 13.2. The van der Waals surface area contributed by atoms with Crippen LogP contribution in [0.25, 0.3) is 0 Å². The Labute approximate surface area is 186 Å². The van der Waals surface area contributed by atoms with E-state index in [1.807, 2.05) is 31.3 Å². The second-order valence-electron chi connectivity index (χ2n) is 7.20. The van der Waals surface area contributed by atoms with Crippen molar-refractivity contribution in [2.24, 2.45) is 10.4 Å². The van der Waals surface area contributed by atoms with Gasteiger partial charge in [-0.3, -0.25) is 4.99 Å². The topological polar surface area (TPSA) is 64.1 Å². The molecule has 1 aliphatic carbocycles. The lowest BCUT2D eigenvalue weighted by molar-refractivity contribution is 0.0732. The molecule has 0 amide bonds. The Balaban J connectivity index is 0.00000392. The van der Waals surface area contributed by atoms with Crippen molar-refractivity contribution in [1.29, 1.82) is 0 Å². The van der Waals surface area contributed by atoms with E-state index < -0.39 is 0 Å². The zero-order valence-corrected chi connectivity index (χ0v) is 19.8. The van der Waals surface area contributed by atoms with Crippen LogP contribution < -0.4 is 15.4 Å². The standard InChI is InChI=1S/C21H35N3O3.HI/c1-22-20(24-17-21(10-4-11-21)12-15-25-2)23-13-5-14-27-16-18-6-8-19(26-3)9-7-18;/h6-9H,4-5,10-17H2,1-3H3,(H2,22,23,24);1H. The third-order valence-corrected chi connectivity index (χ3v) is 5.29. The summed E-state index contributed by atoms with van der Waals surface area (Å²) >= 11 is 0. The van der Waals surface area contributed by atoms with Crippen LogP contribution in [0.5, 0.6) is 5.75 Å². The van der Waals surface area contributed by atoms with Crippen molar-refractivity contribution >= 4 is 29.9 Å². The molecule has 1 fully saturated rings. The molecule has 0 atom stereocenters. The lowest BCUT2D eigenvalue weighted by atomic mass is 9.67. The van der Waals surface area contributed by atoms with Gasteiger partial charge in [-0.2, -0.15) is 0 Å². The number of aliphatic imine (C=N–C) groups is 1. The van der Waals surface area contributed by atoms with Crippen LogP contribution in [0.3, 0.4) is 0 Å². The summed E-state index contributed by atoms with van der Waals surface area (Å²) in [7, 11) is 5.27. The first kappa shape index (κ1) is 25.0. The van der Waals surface area contributed by atoms with Gasteiger partial charge >= 0.3 is 0 Å². The number of hydrogen-bond donors (Lipinski definition) is 2. The largest absolute Gasteiger partial charge is 0.497 e. The highest BCUT2D eigenvalue weighted by Crippen LogP contribution is 2.43. The fourth-order valence-corrected chi connectivity index (χ4v) is 3.30. The van der Waals surface area contributed by atoms with E-state index in [1.165, 1.54) is 19.3 Å². The molecule has 0 bridgehead atoms. The fraction of sp³-hybridized carbons (Fsp3) is 0.667. The lowest BCUT2D eigenvalue weighted by Crippen LogP contribution is -2.47. The number of rotatable bonds is 12. The second-order valence-corrected chi connectivity index (χ2v) is 7.20. The van der Waals surface area contributed by atoms with Crippen LogP contribution in [0.15, 0.2) is 29.3 Å². The first-order valence-corrected chi connectivity index (χ1v) is 9.85. The van der Waals surface area contributed by atoms with Crippen LogP contribution in [-0.2, 0) is 16.1 Å². The molecule has 7 heteroatoms. The molecule has 160 valence electrons. The summed E-state index contributed by atoms with van der Waals surface area (Å²) in [5, 5.41) is 6.85. The average Bonchev–Trinajstić information content (AvgIpc) is 2.68. The predicted molar refractivity (Wildman–Crippen MR) is 125 cm³/mol. The van der Waals surface area contributed by atoms with Gasteiger partial charge in [0.1, 0.15) is 5.75 Å². The van der Waals surface area contributed by atoms with Gasteiger partial charge in [0.05, 0.1) is 13.7 Å². The summed E-state index contributed by atoms with van der Waals surface area (Å²) in [6.07, 6.45) is 5.93. The van der Waals surface area contributed by atoms with Crippen molar-refractivity contribution in [3.05, 3.63) is 29.8 Å². The Kier molecular flexibility index (Phi) is 12.5.